The number of rotatable bonds is 5. The van der Waals surface area contributed by atoms with Crippen LogP contribution < -0.4 is 0 Å². The van der Waals surface area contributed by atoms with Crippen molar-refractivity contribution in [3.05, 3.63) is 46.9 Å². The number of nitrogens with zero attached hydrogens (tertiary/aromatic N) is 1. The van der Waals surface area contributed by atoms with Crippen molar-refractivity contribution in [3.8, 4) is 5.75 Å². The third-order valence-corrected chi connectivity index (χ3v) is 1.78. The molecule has 0 radical (unpaired) electrons. The highest BCUT2D eigenvalue weighted by atomic mass is 17.2. The van der Waals surface area contributed by atoms with Gasteiger partial charge in [0.25, 0.3) is 0 Å². The highest BCUT2D eigenvalue weighted by molar-refractivity contribution is 5.55. The molecule has 0 saturated carbocycles. The van der Waals surface area contributed by atoms with E-state index in [-0.39, 0.29) is 12.4 Å². The van der Waals surface area contributed by atoms with Crippen LogP contribution in [0, 0.1) is 6.57 Å². The van der Waals surface area contributed by atoms with Crippen molar-refractivity contribution in [2.45, 2.75) is 6.92 Å². The number of aromatic hydroxyl groups is 1. The molecule has 0 heterocycles. The summed E-state index contributed by atoms with van der Waals surface area (Å²) in [6.07, 6.45) is 1.69. The largest absolute Gasteiger partial charge is 0.508 e. The lowest BCUT2D eigenvalue weighted by molar-refractivity contribution is -0.283. The molecule has 0 atom stereocenters. The molecular formula is C12H13NO3. The van der Waals surface area contributed by atoms with Crippen LogP contribution in [0.5, 0.6) is 5.75 Å². The molecule has 1 N–H and O–H groups in total. The molecule has 0 spiro atoms. The molecule has 16 heavy (non-hydrogen) atoms. The summed E-state index contributed by atoms with van der Waals surface area (Å²) in [5.41, 5.74) is 1.28. The van der Waals surface area contributed by atoms with E-state index in [2.05, 4.69) is 4.85 Å². The van der Waals surface area contributed by atoms with Crippen molar-refractivity contribution >= 4 is 6.08 Å². The van der Waals surface area contributed by atoms with Gasteiger partial charge in [0.05, 0.1) is 13.2 Å². The molecule has 0 fully saturated rings. The second-order valence-electron chi connectivity index (χ2n) is 3.01. The van der Waals surface area contributed by atoms with Crippen molar-refractivity contribution in [2.24, 2.45) is 0 Å². The summed E-state index contributed by atoms with van der Waals surface area (Å²) in [5.74, 6) is 0.201. The highest BCUT2D eigenvalue weighted by Gasteiger charge is 1.98. The third kappa shape index (κ3) is 4.13. The van der Waals surface area contributed by atoms with Gasteiger partial charge in [-0.15, -0.1) is 0 Å². The Hall–Kier alpha value is -1.83. The lowest BCUT2D eigenvalue weighted by Gasteiger charge is -2.00. The molecule has 0 amide bonds. The lowest BCUT2D eigenvalue weighted by atomic mass is 10.2. The molecule has 4 nitrogen and oxygen atoms in total. The minimum Gasteiger partial charge on any atom is -0.508 e. The third-order valence-electron chi connectivity index (χ3n) is 1.78. The molecule has 0 aliphatic rings. The van der Waals surface area contributed by atoms with Crippen molar-refractivity contribution in [1.82, 2.24) is 0 Å². The van der Waals surface area contributed by atoms with Crippen LogP contribution in [0.15, 0.2) is 30.0 Å². The molecule has 1 rings (SSSR count). The average molecular weight is 219 g/mol. The molecular weight excluding hydrogens is 206 g/mol. The second kappa shape index (κ2) is 6.62. The van der Waals surface area contributed by atoms with Gasteiger partial charge < -0.3 is 5.11 Å². The predicted molar refractivity (Wildman–Crippen MR) is 60.3 cm³/mol. The average Bonchev–Trinajstić information content (AvgIpc) is 2.31. The molecule has 0 aliphatic carbocycles. The van der Waals surface area contributed by atoms with Crippen LogP contribution in [0.4, 0.5) is 0 Å². The quantitative estimate of drug-likeness (QED) is 0.358. The van der Waals surface area contributed by atoms with E-state index in [0.717, 1.165) is 5.56 Å². The van der Waals surface area contributed by atoms with Crippen molar-refractivity contribution < 1.29 is 14.9 Å². The maximum absolute atomic E-state index is 9.10. The highest BCUT2D eigenvalue weighted by Crippen LogP contribution is 2.13. The zero-order valence-corrected chi connectivity index (χ0v) is 9.01. The number of hydrogen-bond acceptors (Lipinski definition) is 3. The number of benzene rings is 1. The molecule has 84 valence electrons. The van der Waals surface area contributed by atoms with E-state index in [1.807, 2.05) is 0 Å². The molecule has 4 heteroatoms. The van der Waals surface area contributed by atoms with Gasteiger partial charge in [-0.2, -0.15) is 0 Å². The van der Waals surface area contributed by atoms with E-state index in [9.17, 15) is 0 Å². The fourth-order valence-electron chi connectivity index (χ4n) is 1.05. The van der Waals surface area contributed by atoms with Crippen LogP contribution in [-0.2, 0) is 9.78 Å². The first-order valence-corrected chi connectivity index (χ1v) is 4.87. The number of phenolic OH excluding ortho intramolecular Hbond substituents is 1. The predicted octanol–water partition coefficient (Wildman–Crippen LogP) is 2.62. The second-order valence-corrected chi connectivity index (χ2v) is 3.01. The Kier molecular flexibility index (Phi) is 5.06. The topological polar surface area (TPSA) is 43.0 Å². The van der Waals surface area contributed by atoms with Gasteiger partial charge in [-0.3, -0.25) is 0 Å². The van der Waals surface area contributed by atoms with E-state index in [1.54, 1.807) is 37.3 Å². The SMILES string of the molecule is [C-]#[N+]C(=Cc1ccc(O)cc1)COOCC. The number of hydrogen-bond donors (Lipinski definition) is 1. The molecule has 0 aromatic heterocycles. The number of phenols is 1. The maximum atomic E-state index is 9.10. The lowest BCUT2D eigenvalue weighted by Crippen LogP contribution is -1.97. The van der Waals surface area contributed by atoms with Crippen LogP contribution in [0.3, 0.4) is 0 Å². The normalized spacial score (nSPS) is 11.1. The Balaban J connectivity index is 2.65. The van der Waals surface area contributed by atoms with Crippen LogP contribution in [0.2, 0.25) is 0 Å². The fraction of sp³-hybridized carbons (Fsp3) is 0.250. The van der Waals surface area contributed by atoms with Crippen LogP contribution >= 0.6 is 0 Å². The first-order valence-electron chi connectivity index (χ1n) is 4.87. The Labute approximate surface area is 94.5 Å². The van der Waals surface area contributed by atoms with Gasteiger partial charge in [0, 0.05) is 0 Å². The van der Waals surface area contributed by atoms with Gasteiger partial charge in [-0.05, 0) is 24.6 Å². The summed E-state index contributed by atoms with van der Waals surface area (Å²) in [7, 11) is 0. The van der Waals surface area contributed by atoms with Gasteiger partial charge in [-0.25, -0.2) is 14.6 Å². The fourth-order valence-corrected chi connectivity index (χ4v) is 1.05. The Morgan fingerprint density at radius 1 is 1.38 bits per heavy atom. The molecule has 1 aromatic carbocycles. The minimum atomic E-state index is 0.123. The van der Waals surface area contributed by atoms with Gasteiger partial charge >= 0.3 is 0 Å². The monoisotopic (exact) mass is 219 g/mol. The zero-order valence-electron chi connectivity index (χ0n) is 9.01. The Morgan fingerprint density at radius 2 is 2.06 bits per heavy atom. The van der Waals surface area contributed by atoms with Gasteiger partial charge in [0.2, 0.25) is 0 Å². The van der Waals surface area contributed by atoms with Crippen molar-refractivity contribution in [2.75, 3.05) is 13.2 Å². The van der Waals surface area contributed by atoms with Crippen molar-refractivity contribution in [1.29, 1.82) is 0 Å². The Bertz CT molecular complexity index is 390. The van der Waals surface area contributed by atoms with E-state index in [1.165, 1.54) is 0 Å². The van der Waals surface area contributed by atoms with Crippen LogP contribution in [0.1, 0.15) is 12.5 Å². The van der Waals surface area contributed by atoms with Crippen LogP contribution in [0.25, 0.3) is 10.9 Å². The van der Waals surface area contributed by atoms with E-state index >= 15 is 0 Å². The summed E-state index contributed by atoms with van der Waals surface area (Å²) < 4.78 is 0. The molecule has 0 bridgehead atoms. The minimum absolute atomic E-state index is 0.123. The summed E-state index contributed by atoms with van der Waals surface area (Å²) in [4.78, 5) is 12.8. The summed E-state index contributed by atoms with van der Waals surface area (Å²) in [6.45, 7) is 9.34. The summed E-state index contributed by atoms with van der Waals surface area (Å²) in [6, 6.07) is 6.58. The smallest absolute Gasteiger partial charge is 0.194 e. The van der Waals surface area contributed by atoms with Crippen LogP contribution in [-0.4, -0.2) is 18.3 Å². The molecule has 0 saturated heterocycles. The summed E-state index contributed by atoms with van der Waals surface area (Å²) in [5, 5.41) is 9.10. The van der Waals surface area contributed by atoms with E-state index in [0.29, 0.717) is 12.3 Å². The zero-order chi connectivity index (χ0) is 11.8. The first-order chi connectivity index (χ1) is 7.76. The molecule has 0 aliphatic heterocycles. The van der Waals surface area contributed by atoms with E-state index < -0.39 is 0 Å². The van der Waals surface area contributed by atoms with Gasteiger partial charge in [-0.1, -0.05) is 18.2 Å². The van der Waals surface area contributed by atoms with Crippen molar-refractivity contribution in [3.63, 3.8) is 0 Å². The Morgan fingerprint density at radius 3 is 2.62 bits per heavy atom. The maximum Gasteiger partial charge on any atom is 0.194 e. The summed E-state index contributed by atoms with van der Waals surface area (Å²) >= 11 is 0. The van der Waals surface area contributed by atoms with Gasteiger partial charge in [0.1, 0.15) is 12.4 Å². The van der Waals surface area contributed by atoms with Gasteiger partial charge in [0.15, 0.2) is 5.70 Å². The first kappa shape index (κ1) is 12.2. The van der Waals surface area contributed by atoms with E-state index in [4.69, 9.17) is 21.5 Å². The molecule has 0 unspecified atom stereocenters. The molecule has 1 aromatic rings. The standard InChI is InChI=1S/C12H13NO3/c1-3-15-16-9-11(13-2)8-10-4-6-12(14)7-5-10/h4-8,14H,3,9H2,1H3.